The first-order valence-electron chi connectivity index (χ1n) is 6.64. The number of H-pyrrole nitrogens is 1. The maximum absolute atomic E-state index is 11.3. The molecule has 3 rings (SSSR count). The van der Waals surface area contributed by atoms with Gasteiger partial charge in [0, 0.05) is 16.9 Å². The number of hydrogen-bond donors (Lipinski definition) is 2. The zero-order chi connectivity index (χ0) is 14.8. The minimum Gasteiger partial charge on any atom is -0.408 e. The molecule has 0 spiro atoms. The number of nitrogens with zero attached hydrogens (tertiary/aromatic N) is 1. The second-order valence-corrected chi connectivity index (χ2v) is 5.61. The maximum Gasteiger partial charge on any atom is 0.417 e. The van der Waals surface area contributed by atoms with Crippen molar-refractivity contribution in [1.29, 1.82) is 0 Å². The van der Waals surface area contributed by atoms with Crippen molar-refractivity contribution in [3.63, 3.8) is 0 Å². The van der Waals surface area contributed by atoms with Crippen molar-refractivity contribution in [1.82, 2.24) is 15.3 Å². The molecule has 0 aliphatic heterocycles. The van der Waals surface area contributed by atoms with Gasteiger partial charge in [0.25, 0.3) is 0 Å². The van der Waals surface area contributed by atoms with Crippen molar-refractivity contribution in [2.24, 2.45) is 0 Å². The van der Waals surface area contributed by atoms with E-state index in [2.05, 4.69) is 31.2 Å². The summed E-state index contributed by atoms with van der Waals surface area (Å²) in [5, 5.41) is 3.42. The van der Waals surface area contributed by atoms with Crippen LogP contribution in [0.1, 0.15) is 24.1 Å². The molecule has 5 nitrogen and oxygen atoms in total. The molecule has 0 saturated carbocycles. The van der Waals surface area contributed by atoms with Gasteiger partial charge in [-0.2, -0.15) is 0 Å². The van der Waals surface area contributed by atoms with E-state index in [9.17, 15) is 4.79 Å². The molecule has 1 atom stereocenters. The Bertz CT molecular complexity index is 825. The highest BCUT2D eigenvalue weighted by atomic mass is 79.9. The second-order valence-electron chi connectivity index (χ2n) is 4.70. The molecule has 3 aromatic rings. The lowest BCUT2D eigenvalue weighted by Crippen LogP contribution is -2.22. The number of halogens is 1. The highest BCUT2D eigenvalue weighted by Gasteiger charge is 2.15. The summed E-state index contributed by atoms with van der Waals surface area (Å²) in [5.41, 5.74) is 3.32. The summed E-state index contributed by atoms with van der Waals surface area (Å²) in [4.78, 5) is 18.1. The van der Waals surface area contributed by atoms with E-state index in [0.29, 0.717) is 11.1 Å². The highest BCUT2D eigenvalue weighted by Crippen LogP contribution is 2.25. The number of rotatable bonds is 4. The van der Waals surface area contributed by atoms with Crippen LogP contribution in [-0.4, -0.2) is 16.5 Å². The monoisotopic (exact) mass is 347 g/mol. The van der Waals surface area contributed by atoms with E-state index in [1.54, 1.807) is 6.20 Å². The first kappa shape index (κ1) is 14.0. The summed E-state index contributed by atoms with van der Waals surface area (Å²) in [7, 11) is 0. The summed E-state index contributed by atoms with van der Waals surface area (Å²) in [6.45, 7) is 2.86. The number of aromatic nitrogens is 2. The fourth-order valence-electron chi connectivity index (χ4n) is 2.36. The van der Waals surface area contributed by atoms with Crippen LogP contribution >= 0.6 is 15.9 Å². The molecule has 2 N–H and O–H groups in total. The van der Waals surface area contributed by atoms with Gasteiger partial charge in [-0.1, -0.05) is 13.0 Å². The maximum atomic E-state index is 11.3. The SMILES string of the molecule is CCNC(c1cncc(Br)c1)c1ccc2[nH]c(=O)oc2c1. The molecule has 0 radical (unpaired) electrons. The summed E-state index contributed by atoms with van der Waals surface area (Å²) in [6, 6.07) is 7.72. The minimum atomic E-state index is -0.439. The molecule has 0 aliphatic carbocycles. The summed E-state index contributed by atoms with van der Waals surface area (Å²) in [5.74, 6) is -0.439. The molecule has 0 aliphatic rings. The molecule has 1 unspecified atom stereocenters. The molecule has 0 saturated heterocycles. The third kappa shape index (κ3) is 2.91. The predicted molar refractivity (Wildman–Crippen MR) is 84.3 cm³/mol. The van der Waals surface area contributed by atoms with Crippen LogP contribution in [0.25, 0.3) is 11.1 Å². The fourth-order valence-corrected chi connectivity index (χ4v) is 2.74. The zero-order valence-corrected chi connectivity index (χ0v) is 13.0. The molecule has 6 heteroatoms. The minimum absolute atomic E-state index is 0.00963. The van der Waals surface area contributed by atoms with Gasteiger partial charge >= 0.3 is 5.76 Å². The van der Waals surface area contributed by atoms with Gasteiger partial charge in [0.2, 0.25) is 0 Å². The van der Waals surface area contributed by atoms with E-state index < -0.39 is 5.76 Å². The second kappa shape index (κ2) is 5.83. The van der Waals surface area contributed by atoms with E-state index in [4.69, 9.17) is 4.42 Å². The van der Waals surface area contributed by atoms with Gasteiger partial charge in [-0.15, -0.1) is 0 Å². The third-order valence-corrected chi connectivity index (χ3v) is 3.68. The summed E-state index contributed by atoms with van der Waals surface area (Å²) >= 11 is 3.44. The molecule has 2 aromatic heterocycles. The number of fused-ring (bicyclic) bond motifs is 1. The highest BCUT2D eigenvalue weighted by molar-refractivity contribution is 9.10. The van der Waals surface area contributed by atoms with Crippen LogP contribution in [0.15, 0.2) is 50.3 Å². The quantitative estimate of drug-likeness (QED) is 0.761. The van der Waals surface area contributed by atoms with E-state index in [1.165, 1.54) is 0 Å². The van der Waals surface area contributed by atoms with Gasteiger partial charge in [0.15, 0.2) is 5.58 Å². The third-order valence-electron chi connectivity index (χ3n) is 3.25. The average molecular weight is 348 g/mol. The van der Waals surface area contributed by atoms with Crippen molar-refractivity contribution < 1.29 is 4.42 Å². The fraction of sp³-hybridized carbons (Fsp3) is 0.200. The average Bonchev–Trinajstić information content (AvgIpc) is 2.83. The normalized spacial score (nSPS) is 12.7. The molecule has 2 heterocycles. The smallest absolute Gasteiger partial charge is 0.408 e. The standard InChI is InChI=1S/C15H14BrN3O2/c1-2-18-14(10-5-11(16)8-17-7-10)9-3-4-12-13(6-9)21-15(20)19-12/h3-8,14,18H,2H2,1H3,(H,19,20). The Kier molecular flexibility index (Phi) is 3.90. The number of oxazole rings is 1. The van der Waals surface area contributed by atoms with Gasteiger partial charge in [-0.3, -0.25) is 9.97 Å². The van der Waals surface area contributed by atoms with E-state index in [-0.39, 0.29) is 6.04 Å². The number of aromatic amines is 1. The van der Waals surface area contributed by atoms with Crippen LogP contribution in [0.5, 0.6) is 0 Å². The molecule has 21 heavy (non-hydrogen) atoms. The lowest BCUT2D eigenvalue weighted by atomic mass is 10.00. The van der Waals surface area contributed by atoms with Crippen molar-refractivity contribution in [3.8, 4) is 0 Å². The van der Waals surface area contributed by atoms with E-state index >= 15 is 0 Å². The molecule has 108 valence electrons. The van der Waals surface area contributed by atoms with Gasteiger partial charge in [0.1, 0.15) is 0 Å². The molecular weight excluding hydrogens is 334 g/mol. The molecular formula is C15H14BrN3O2. The largest absolute Gasteiger partial charge is 0.417 e. The Hall–Kier alpha value is -1.92. The van der Waals surface area contributed by atoms with Gasteiger partial charge in [-0.25, -0.2) is 4.79 Å². The Morgan fingerprint density at radius 1 is 1.33 bits per heavy atom. The molecule has 0 bridgehead atoms. The van der Waals surface area contributed by atoms with Crippen molar-refractivity contribution in [2.45, 2.75) is 13.0 Å². The number of nitrogens with one attached hydrogen (secondary N) is 2. The molecule has 0 fully saturated rings. The number of hydrogen-bond acceptors (Lipinski definition) is 4. The Balaban J connectivity index is 2.07. The van der Waals surface area contributed by atoms with Crippen LogP contribution in [0.4, 0.5) is 0 Å². The van der Waals surface area contributed by atoms with Crippen LogP contribution in [0.3, 0.4) is 0 Å². The number of benzene rings is 1. The molecule has 0 amide bonds. The first-order chi connectivity index (χ1) is 10.2. The lowest BCUT2D eigenvalue weighted by Gasteiger charge is -2.18. The van der Waals surface area contributed by atoms with E-state index in [1.807, 2.05) is 37.4 Å². The Morgan fingerprint density at radius 3 is 2.95 bits per heavy atom. The summed E-state index contributed by atoms with van der Waals surface area (Å²) < 4.78 is 6.06. The zero-order valence-electron chi connectivity index (χ0n) is 11.4. The van der Waals surface area contributed by atoms with Crippen LogP contribution in [0, 0.1) is 0 Å². The number of pyridine rings is 1. The lowest BCUT2D eigenvalue weighted by molar-refractivity contribution is 0.553. The van der Waals surface area contributed by atoms with Crippen molar-refractivity contribution >= 4 is 27.0 Å². The molecule has 1 aromatic carbocycles. The topological polar surface area (TPSA) is 70.9 Å². The predicted octanol–water partition coefficient (Wildman–Crippen LogP) is 2.98. The van der Waals surface area contributed by atoms with E-state index in [0.717, 1.165) is 22.1 Å². The van der Waals surface area contributed by atoms with Gasteiger partial charge < -0.3 is 9.73 Å². The van der Waals surface area contributed by atoms with Crippen LogP contribution in [0.2, 0.25) is 0 Å². The van der Waals surface area contributed by atoms with Crippen LogP contribution in [-0.2, 0) is 0 Å². The van der Waals surface area contributed by atoms with Crippen molar-refractivity contribution in [3.05, 3.63) is 62.8 Å². The first-order valence-corrected chi connectivity index (χ1v) is 7.43. The van der Waals surface area contributed by atoms with Crippen molar-refractivity contribution in [2.75, 3.05) is 6.54 Å². The van der Waals surface area contributed by atoms with Gasteiger partial charge in [-0.05, 0) is 51.8 Å². The Labute approximate surface area is 129 Å². The Morgan fingerprint density at radius 2 is 2.19 bits per heavy atom. The van der Waals surface area contributed by atoms with Crippen LogP contribution < -0.4 is 11.1 Å². The van der Waals surface area contributed by atoms with Gasteiger partial charge in [0.05, 0.1) is 11.6 Å². The summed E-state index contributed by atoms with van der Waals surface area (Å²) in [6.07, 6.45) is 3.58.